The van der Waals surface area contributed by atoms with Crippen LogP contribution in [-0.4, -0.2) is 83.8 Å². The van der Waals surface area contributed by atoms with Crippen molar-refractivity contribution in [3.63, 3.8) is 0 Å². The summed E-state index contributed by atoms with van der Waals surface area (Å²) in [7, 11) is 0. The van der Waals surface area contributed by atoms with E-state index >= 15 is 0 Å². The van der Waals surface area contributed by atoms with E-state index in [1.165, 1.54) is 0 Å². The highest BCUT2D eigenvalue weighted by atomic mass is 16.6. The van der Waals surface area contributed by atoms with Crippen molar-refractivity contribution in [1.82, 2.24) is 21.3 Å². The molecule has 3 rings (SSSR count). The number of fused-ring (bicyclic) bond motifs is 2. The number of ether oxygens (including phenoxy) is 3. The van der Waals surface area contributed by atoms with Gasteiger partial charge in [0, 0.05) is 13.1 Å². The van der Waals surface area contributed by atoms with Crippen LogP contribution in [-0.2, 0) is 44.6 Å². The Labute approximate surface area is 322 Å². The Morgan fingerprint density at radius 1 is 0.655 bits per heavy atom. The van der Waals surface area contributed by atoms with Crippen molar-refractivity contribution >= 4 is 57.3 Å². The van der Waals surface area contributed by atoms with Gasteiger partial charge in [0.25, 0.3) is 0 Å². The number of hydrogen-bond acceptors (Lipinski definition) is 10. The molecule has 0 aliphatic heterocycles. The molecule has 0 fully saturated rings. The van der Waals surface area contributed by atoms with Crippen molar-refractivity contribution in [2.24, 2.45) is 5.73 Å². The van der Waals surface area contributed by atoms with E-state index in [2.05, 4.69) is 27.3 Å². The zero-order valence-corrected chi connectivity index (χ0v) is 33.4. The largest absolute Gasteiger partial charge is 0.458 e. The summed E-state index contributed by atoms with van der Waals surface area (Å²) in [5.74, 6) is -4.19. The van der Waals surface area contributed by atoms with Gasteiger partial charge in [-0.05, 0) is 121 Å². The Bertz CT molecular complexity index is 1800. The summed E-state index contributed by atoms with van der Waals surface area (Å²) in [6, 6.07) is 13.8. The minimum absolute atomic E-state index is 0.138. The molecule has 3 aromatic rings. The van der Waals surface area contributed by atoms with Gasteiger partial charge in [-0.1, -0.05) is 48.5 Å². The Balaban J connectivity index is 1.61. The summed E-state index contributed by atoms with van der Waals surface area (Å²) in [4.78, 5) is 77.1. The molecule has 14 nitrogen and oxygen atoms in total. The van der Waals surface area contributed by atoms with Crippen LogP contribution in [0.3, 0.4) is 0 Å². The zero-order valence-electron chi connectivity index (χ0n) is 33.4. The molecule has 3 atom stereocenters. The highest BCUT2D eigenvalue weighted by Crippen LogP contribution is 2.29. The fraction of sp³-hybridized carbons (Fsp3) is 0.512. The van der Waals surface area contributed by atoms with Crippen LogP contribution in [0.15, 0.2) is 54.6 Å². The van der Waals surface area contributed by atoms with E-state index in [1.54, 1.807) is 62.3 Å². The molecular weight excluding hydrogens is 706 g/mol. The van der Waals surface area contributed by atoms with Crippen molar-refractivity contribution in [2.75, 3.05) is 13.1 Å². The fourth-order valence-corrected chi connectivity index (χ4v) is 5.59. The Kier molecular flexibility index (Phi) is 15.2. The number of carbonyl (C=O) groups is 6. The Hall–Kier alpha value is -5.24. The third kappa shape index (κ3) is 14.8. The summed E-state index contributed by atoms with van der Waals surface area (Å²) in [5.41, 5.74) is 4.68. The fourth-order valence-electron chi connectivity index (χ4n) is 5.59. The summed E-state index contributed by atoms with van der Waals surface area (Å²) in [5, 5.41) is 14.4. The Morgan fingerprint density at radius 3 is 1.67 bits per heavy atom. The van der Waals surface area contributed by atoms with E-state index in [1.807, 2.05) is 48.5 Å². The molecule has 6 N–H and O–H groups in total. The van der Waals surface area contributed by atoms with E-state index in [0.717, 1.165) is 27.1 Å². The van der Waals surface area contributed by atoms with Gasteiger partial charge in [0.05, 0.1) is 6.04 Å². The van der Waals surface area contributed by atoms with Crippen LogP contribution in [0.1, 0.15) is 87.1 Å². The summed E-state index contributed by atoms with van der Waals surface area (Å²) >= 11 is 0. The van der Waals surface area contributed by atoms with Gasteiger partial charge in [-0.15, -0.1) is 0 Å². The van der Waals surface area contributed by atoms with E-state index in [4.69, 9.17) is 19.9 Å². The molecule has 3 aromatic carbocycles. The molecule has 0 saturated carbocycles. The van der Waals surface area contributed by atoms with Crippen molar-refractivity contribution < 1.29 is 43.0 Å². The van der Waals surface area contributed by atoms with Gasteiger partial charge < -0.3 is 41.2 Å². The van der Waals surface area contributed by atoms with Gasteiger partial charge in [0.2, 0.25) is 5.91 Å². The van der Waals surface area contributed by atoms with Crippen LogP contribution in [0, 0.1) is 0 Å². The summed E-state index contributed by atoms with van der Waals surface area (Å²) in [6.45, 7) is 14.5. The lowest BCUT2D eigenvalue weighted by Gasteiger charge is -2.27. The molecule has 0 saturated heterocycles. The van der Waals surface area contributed by atoms with Crippen molar-refractivity contribution in [3.8, 4) is 0 Å². The van der Waals surface area contributed by atoms with Gasteiger partial charge in [0.15, 0.2) is 0 Å². The van der Waals surface area contributed by atoms with Gasteiger partial charge >= 0.3 is 29.8 Å². The number of unbranched alkanes of at least 4 members (excludes halogenated alkanes) is 1. The van der Waals surface area contributed by atoms with Gasteiger partial charge in [-0.3, -0.25) is 9.59 Å². The van der Waals surface area contributed by atoms with Gasteiger partial charge in [-0.25, -0.2) is 19.2 Å². The maximum Gasteiger partial charge on any atom is 0.397 e. The Morgan fingerprint density at radius 2 is 1.15 bits per heavy atom. The van der Waals surface area contributed by atoms with Gasteiger partial charge in [-0.2, -0.15) is 0 Å². The number of nitrogens with one attached hydrogen (secondary N) is 4. The third-order valence-electron chi connectivity index (χ3n) is 7.91. The van der Waals surface area contributed by atoms with Crippen molar-refractivity contribution in [3.05, 3.63) is 60.2 Å². The standard InChI is InChI=1S/C41H57N5O9/c1-39(2,3)53-35(49)31(45-38(52)46-32(36(50)54-40(4,5)6)24-44-34(48)37(51)55-41(7,8)9)20-14-15-21-43-33(47)30(42)23-29-27-18-12-10-16-25(27)22-26-17-11-13-19-28(26)29/h10-13,16-19,22,30-32H,14-15,20-21,23-24,42H2,1-9H3,(H,43,47)(H,44,48)(H2,45,46,52)/t30-,31-,32-/m0/s1. The van der Waals surface area contributed by atoms with Crippen LogP contribution < -0.4 is 27.0 Å². The molecule has 0 heterocycles. The molecule has 14 heteroatoms. The van der Waals surface area contributed by atoms with E-state index in [-0.39, 0.29) is 18.9 Å². The topological polar surface area (TPSA) is 204 Å². The van der Waals surface area contributed by atoms with Crippen LogP contribution >= 0.6 is 0 Å². The molecule has 55 heavy (non-hydrogen) atoms. The van der Waals surface area contributed by atoms with Crippen molar-refractivity contribution in [1.29, 1.82) is 0 Å². The number of rotatable bonds is 14. The highest BCUT2D eigenvalue weighted by molar-refractivity contribution is 6.32. The first kappa shape index (κ1) is 44.2. The second-order valence-electron chi connectivity index (χ2n) is 16.4. The maximum absolute atomic E-state index is 13.2. The predicted molar refractivity (Wildman–Crippen MR) is 210 cm³/mol. The number of nitrogens with two attached hydrogens (primary N) is 1. The zero-order chi connectivity index (χ0) is 41.1. The minimum Gasteiger partial charge on any atom is -0.458 e. The molecule has 0 bridgehead atoms. The summed E-state index contributed by atoms with van der Waals surface area (Å²) in [6.07, 6.45) is 1.33. The summed E-state index contributed by atoms with van der Waals surface area (Å²) < 4.78 is 16.0. The number of carbonyl (C=O) groups excluding carboxylic acids is 6. The molecule has 0 unspecified atom stereocenters. The molecule has 0 aromatic heterocycles. The molecular formula is C41H57N5O9. The van der Waals surface area contributed by atoms with E-state index in [0.29, 0.717) is 19.3 Å². The molecule has 0 spiro atoms. The second-order valence-corrected chi connectivity index (χ2v) is 16.4. The molecule has 0 radical (unpaired) electrons. The average molecular weight is 764 g/mol. The number of urea groups is 1. The SMILES string of the molecule is CC(C)(C)OC(=O)C(=O)NC[C@H](NC(=O)N[C@@H](CCCCNC(=O)[C@@H](N)Cc1c2ccccc2cc2ccccc12)C(=O)OC(C)(C)C)C(=O)OC(C)(C)C. The molecule has 300 valence electrons. The quantitative estimate of drug-likeness (QED) is 0.0517. The first-order valence-electron chi connectivity index (χ1n) is 18.5. The number of esters is 3. The van der Waals surface area contributed by atoms with Crippen LogP contribution in [0.25, 0.3) is 21.5 Å². The third-order valence-corrected chi connectivity index (χ3v) is 7.91. The smallest absolute Gasteiger partial charge is 0.397 e. The van der Waals surface area contributed by atoms with Crippen LogP contribution in [0.2, 0.25) is 0 Å². The molecule has 0 aliphatic carbocycles. The normalized spacial score (nSPS) is 13.6. The lowest BCUT2D eigenvalue weighted by Crippen LogP contribution is -2.56. The van der Waals surface area contributed by atoms with E-state index < -0.39 is 71.3 Å². The van der Waals surface area contributed by atoms with Crippen molar-refractivity contribution in [2.45, 2.75) is 123 Å². The first-order chi connectivity index (χ1) is 25.5. The molecule has 0 aliphatic rings. The minimum atomic E-state index is -1.43. The number of benzene rings is 3. The predicted octanol–water partition coefficient (Wildman–Crippen LogP) is 4.33. The monoisotopic (exact) mass is 763 g/mol. The number of hydrogen-bond donors (Lipinski definition) is 5. The molecule has 4 amide bonds. The lowest BCUT2D eigenvalue weighted by atomic mass is 9.92. The number of amides is 4. The lowest BCUT2D eigenvalue weighted by molar-refractivity contribution is -0.164. The van der Waals surface area contributed by atoms with E-state index in [9.17, 15) is 28.8 Å². The first-order valence-corrected chi connectivity index (χ1v) is 18.5. The highest BCUT2D eigenvalue weighted by Gasteiger charge is 2.32. The van der Waals surface area contributed by atoms with Gasteiger partial charge in [0.1, 0.15) is 28.9 Å². The van der Waals surface area contributed by atoms with Crippen LogP contribution in [0.5, 0.6) is 0 Å². The van der Waals surface area contributed by atoms with Crippen LogP contribution in [0.4, 0.5) is 4.79 Å². The average Bonchev–Trinajstić information content (AvgIpc) is 3.06. The second kappa shape index (κ2) is 18.9. The maximum atomic E-state index is 13.2.